The Morgan fingerprint density at radius 2 is 2.67 bits per heavy atom. The monoisotopic (exact) mass is 181 g/mol. The molecular formula is C7H7N3OS. The number of aromatic nitrogens is 2. The Labute approximate surface area is 73.1 Å². The van der Waals surface area contributed by atoms with Crippen molar-refractivity contribution in [3.8, 4) is 0 Å². The van der Waals surface area contributed by atoms with Gasteiger partial charge >= 0.3 is 0 Å². The first kappa shape index (κ1) is 7.30. The highest BCUT2D eigenvalue weighted by atomic mass is 32.1. The lowest BCUT2D eigenvalue weighted by atomic mass is 10.5. The summed E-state index contributed by atoms with van der Waals surface area (Å²) in [5.41, 5.74) is 0.840. The van der Waals surface area contributed by atoms with Gasteiger partial charge in [-0.25, -0.2) is 4.98 Å². The summed E-state index contributed by atoms with van der Waals surface area (Å²) in [5.74, 6) is 0. The zero-order chi connectivity index (χ0) is 8.39. The maximum atomic E-state index is 4.57. The highest BCUT2D eigenvalue weighted by Crippen LogP contribution is 2.13. The van der Waals surface area contributed by atoms with E-state index < -0.39 is 0 Å². The molecular weight excluding hydrogens is 174 g/mol. The molecule has 62 valence electrons. The standard InChI is InChI=1S/C7H7N3OS/c1-11-9-4-6-7-10(5-8-6)2-3-12-7/h2-5H,1H3. The molecule has 0 saturated carbocycles. The summed E-state index contributed by atoms with van der Waals surface area (Å²) in [6.45, 7) is 0. The van der Waals surface area contributed by atoms with E-state index in [0.29, 0.717) is 0 Å². The van der Waals surface area contributed by atoms with Gasteiger partial charge in [-0.2, -0.15) is 0 Å². The first-order valence-electron chi connectivity index (χ1n) is 3.38. The Hall–Kier alpha value is -1.36. The van der Waals surface area contributed by atoms with Crippen LogP contribution in [-0.2, 0) is 4.84 Å². The summed E-state index contributed by atoms with van der Waals surface area (Å²) in [5, 5.41) is 5.65. The lowest BCUT2D eigenvalue weighted by Gasteiger charge is -1.83. The Morgan fingerprint density at radius 3 is 3.50 bits per heavy atom. The Morgan fingerprint density at radius 1 is 1.75 bits per heavy atom. The number of thiazole rings is 1. The van der Waals surface area contributed by atoms with Crippen molar-refractivity contribution in [1.82, 2.24) is 9.38 Å². The number of rotatable bonds is 2. The molecule has 0 bridgehead atoms. The van der Waals surface area contributed by atoms with E-state index >= 15 is 0 Å². The molecule has 2 aromatic heterocycles. The van der Waals surface area contributed by atoms with E-state index in [0.717, 1.165) is 10.5 Å². The predicted octanol–water partition coefficient (Wildman–Crippen LogP) is 1.38. The van der Waals surface area contributed by atoms with Crippen molar-refractivity contribution in [3.63, 3.8) is 0 Å². The van der Waals surface area contributed by atoms with E-state index in [4.69, 9.17) is 0 Å². The van der Waals surface area contributed by atoms with E-state index in [9.17, 15) is 0 Å². The van der Waals surface area contributed by atoms with Crippen molar-refractivity contribution >= 4 is 22.4 Å². The van der Waals surface area contributed by atoms with Crippen LogP contribution in [0.2, 0.25) is 0 Å². The molecule has 4 nitrogen and oxygen atoms in total. The zero-order valence-electron chi connectivity index (χ0n) is 6.47. The normalized spacial score (nSPS) is 11.4. The van der Waals surface area contributed by atoms with Crippen molar-refractivity contribution in [2.75, 3.05) is 7.11 Å². The molecule has 0 aromatic carbocycles. The minimum atomic E-state index is 0.840. The van der Waals surface area contributed by atoms with Gasteiger partial charge in [-0.05, 0) is 0 Å². The van der Waals surface area contributed by atoms with Crippen LogP contribution in [0.1, 0.15) is 5.69 Å². The summed E-state index contributed by atoms with van der Waals surface area (Å²) < 4.78 is 1.95. The van der Waals surface area contributed by atoms with Crippen LogP contribution in [0.15, 0.2) is 23.1 Å². The third kappa shape index (κ3) is 1.08. The van der Waals surface area contributed by atoms with Gasteiger partial charge in [0, 0.05) is 11.6 Å². The number of hydrogen-bond donors (Lipinski definition) is 0. The van der Waals surface area contributed by atoms with Crippen LogP contribution in [0.5, 0.6) is 0 Å². The second-order valence-electron chi connectivity index (χ2n) is 2.16. The fourth-order valence-electron chi connectivity index (χ4n) is 0.943. The van der Waals surface area contributed by atoms with Crippen molar-refractivity contribution in [1.29, 1.82) is 0 Å². The van der Waals surface area contributed by atoms with E-state index in [1.807, 2.05) is 16.0 Å². The van der Waals surface area contributed by atoms with Crippen molar-refractivity contribution in [2.24, 2.45) is 5.16 Å². The molecule has 2 rings (SSSR count). The lowest BCUT2D eigenvalue weighted by molar-refractivity contribution is 0.215. The Balaban J connectivity index is 2.47. The maximum Gasteiger partial charge on any atom is 0.128 e. The summed E-state index contributed by atoms with van der Waals surface area (Å²) in [4.78, 5) is 9.78. The summed E-state index contributed by atoms with van der Waals surface area (Å²) in [6, 6.07) is 0. The molecule has 0 fully saturated rings. The van der Waals surface area contributed by atoms with Crippen LogP contribution < -0.4 is 0 Å². The molecule has 12 heavy (non-hydrogen) atoms. The third-order valence-electron chi connectivity index (χ3n) is 1.46. The number of nitrogens with zero attached hydrogens (tertiary/aromatic N) is 3. The van der Waals surface area contributed by atoms with Gasteiger partial charge in [0.05, 0.1) is 6.21 Å². The molecule has 2 aromatic rings. The fourth-order valence-corrected chi connectivity index (χ4v) is 1.72. The molecule has 0 aliphatic rings. The molecule has 0 saturated heterocycles. The topological polar surface area (TPSA) is 38.9 Å². The highest BCUT2D eigenvalue weighted by Gasteiger charge is 2.01. The molecule has 0 spiro atoms. The number of hydrogen-bond acceptors (Lipinski definition) is 4. The second kappa shape index (κ2) is 2.94. The summed E-state index contributed by atoms with van der Waals surface area (Å²) in [6.07, 6.45) is 5.31. The minimum Gasteiger partial charge on any atom is -0.399 e. The summed E-state index contributed by atoms with van der Waals surface area (Å²) >= 11 is 1.62. The van der Waals surface area contributed by atoms with Gasteiger partial charge in [-0.3, -0.25) is 4.40 Å². The SMILES string of the molecule is CON=Cc1ncn2ccsc12. The van der Waals surface area contributed by atoms with E-state index in [1.165, 1.54) is 7.11 Å². The molecule has 0 N–H and O–H groups in total. The van der Waals surface area contributed by atoms with Gasteiger partial charge in [0.25, 0.3) is 0 Å². The Bertz CT molecular complexity index is 403. The van der Waals surface area contributed by atoms with Crippen LogP contribution in [0.3, 0.4) is 0 Å². The molecule has 0 radical (unpaired) electrons. The summed E-state index contributed by atoms with van der Waals surface area (Å²) in [7, 11) is 1.51. The average Bonchev–Trinajstić information content (AvgIpc) is 2.62. The van der Waals surface area contributed by atoms with Crippen molar-refractivity contribution < 1.29 is 4.84 Å². The lowest BCUT2D eigenvalue weighted by Crippen LogP contribution is -1.80. The number of imidazole rings is 1. The van der Waals surface area contributed by atoms with Crippen LogP contribution in [0, 0.1) is 0 Å². The van der Waals surface area contributed by atoms with Gasteiger partial charge in [-0.1, -0.05) is 5.16 Å². The maximum absolute atomic E-state index is 4.57. The highest BCUT2D eigenvalue weighted by molar-refractivity contribution is 7.15. The molecule has 0 aliphatic heterocycles. The van der Waals surface area contributed by atoms with Crippen LogP contribution in [0.4, 0.5) is 0 Å². The number of oxime groups is 1. The first-order chi connectivity index (χ1) is 5.92. The van der Waals surface area contributed by atoms with Gasteiger partial charge in [0.2, 0.25) is 0 Å². The third-order valence-corrected chi connectivity index (χ3v) is 2.36. The smallest absolute Gasteiger partial charge is 0.128 e. The molecule has 0 atom stereocenters. The Kier molecular flexibility index (Phi) is 1.79. The van der Waals surface area contributed by atoms with Gasteiger partial charge < -0.3 is 4.84 Å². The molecule has 0 aliphatic carbocycles. The van der Waals surface area contributed by atoms with Crippen LogP contribution >= 0.6 is 11.3 Å². The first-order valence-corrected chi connectivity index (χ1v) is 4.26. The quantitative estimate of drug-likeness (QED) is 0.518. The fraction of sp³-hybridized carbons (Fsp3) is 0.143. The molecule has 0 unspecified atom stereocenters. The second-order valence-corrected chi connectivity index (χ2v) is 3.06. The molecule has 2 heterocycles. The van der Waals surface area contributed by atoms with Gasteiger partial charge in [-0.15, -0.1) is 11.3 Å². The van der Waals surface area contributed by atoms with Crippen molar-refractivity contribution in [3.05, 3.63) is 23.6 Å². The van der Waals surface area contributed by atoms with E-state index in [1.54, 1.807) is 23.9 Å². The molecule has 5 heteroatoms. The molecule has 0 amide bonds. The minimum absolute atomic E-state index is 0.840. The zero-order valence-corrected chi connectivity index (χ0v) is 7.28. The predicted molar refractivity (Wildman–Crippen MR) is 47.7 cm³/mol. The van der Waals surface area contributed by atoms with Crippen molar-refractivity contribution in [2.45, 2.75) is 0 Å². The van der Waals surface area contributed by atoms with Gasteiger partial charge in [0.1, 0.15) is 24.0 Å². The number of fused-ring (bicyclic) bond motifs is 1. The van der Waals surface area contributed by atoms with Crippen LogP contribution in [0.25, 0.3) is 4.83 Å². The van der Waals surface area contributed by atoms with Crippen LogP contribution in [-0.4, -0.2) is 22.7 Å². The largest absolute Gasteiger partial charge is 0.399 e. The van der Waals surface area contributed by atoms with Gasteiger partial charge in [0.15, 0.2) is 0 Å². The average molecular weight is 181 g/mol. The van der Waals surface area contributed by atoms with E-state index in [2.05, 4.69) is 15.0 Å². The van der Waals surface area contributed by atoms with E-state index in [-0.39, 0.29) is 0 Å².